The van der Waals surface area contributed by atoms with E-state index in [1.165, 1.54) is 19.8 Å². The van der Waals surface area contributed by atoms with Crippen LogP contribution in [-0.2, 0) is 37.6 Å². The van der Waals surface area contributed by atoms with Gasteiger partial charge in [-0.3, -0.25) is 9.78 Å². The minimum Gasteiger partial charge on any atom is -0.461 e. The van der Waals surface area contributed by atoms with E-state index < -0.39 is 5.60 Å². The predicted octanol–water partition coefficient (Wildman–Crippen LogP) is 6.39. The summed E-state index contributed by atoms with van der Waals surface area (Å²) in [6.07, 6.45) is 8.69. The van der Waals surface area contributed by atoms with Gasteiger partial charge in [0.2, 0.25) is 0 Å². The number of thiophene rings is 1. The Balaban J connectivity index is 1.58. The molecule has 2 aromatic rings. The van der Waals surface area contributed by atoms with Gasteiger partial charge in [-0.05, 0) is 76.5 Å². The molecule has 0 bridgehead atoms. The van der Waals surface area contributed by atoms with E-state index in [2.05, 4.69) is 12.1 Å². The Bertz CT molecular complexity index is 1060. The highest BCUT2D eigenvalue weighted by molar-refractivity contribution is 7.10. The predicted molar refractivity (Wildman–Crippen MR) is 143 cm³/mol. The van der Waals surface area contributed by atoms with Gasteiger partial charge < -0.3 is 19.1 Å². The van der Waals surface area contributed by atoms with E-state index in [-0.39, 0.29) is 29.7 Å². The Morgan fingerprint density at radius 3 is 2.62 bits per heavy atom. The van der Waals surface area contributed by atoms with Crippen LogP contribution in [0, 0.1) is 0 Å². The van der Waals surface area contributed by atoms with E-state index in [1.54, 1.807) is 16.2 Å². The van der Waals surface area contributed by atoms with E-state index in [0.29, 0.717) is 19.7 Å². The average molecular weight is 529 g/mol. The highest BCUT2D eigenvalue weighted by Crippen LogP contribution is 2.49. The molecule has 37 heavy (non-hydrogen) atoms. The van der Waals surface area contributed by atoms with Crippen LogP contribution in [0.25, 0.3) is 0 Å². The molecule has 4 rings (SSSR count). The number of pyridine rings is 1. The lowest BCUT2D eigenvalue weighted by molar-refractivity contribution is -0.142. The summed E-state index contributed by atoms with van der Waals surface area (Å²) < 4.78 is 17.5. The number of carbonyl (C=O) groups is 2. The Hall–Kier alpha value is -2.45. The Morgan fingerprint density at radius 2 is 1.95 bits per heavy atom. The van der Waals surface area contributed by atoms with Crippen molar-refractivity contribution in [2.24, 2.45) is 0 Å². The number of carbonyl (C=O) groups excluding carboxylic acids is 2. The maximum atomic E-state index is 13.4. The van der Waals surface area contributed by atoms with E-state index in [4.69, 9.17) is 19.2 Å². The Labute approximate surface area is 224 Å². The van der Waals surface area contributed by atoms with Gasteiger partial charge in [0.15, 0.2) is 0 Å². The first-order chi connectivity index (χ1) is 17.6. The summed E-state index contributed by atoms with van der Waals surface area (Å²) in [5, 5.41) is 1.97. The van der Waals surface area contributed by atoms with Crippen LogP contribution in [0.15, 0.2) is 35.8 Å². The zero-order valence-corrected chi connectivity index (χ0v) is 23.4. The molecular formula is C29H40N2O5S. The smallest absolute Gasteiger partial charge is 0.410 e. The van der Waals surface area contributed by atoms with Crippen LogP contribution in [0.1, 0.15) is 88.8 Å². The molecule has 202 valence electrons. The first-order valence-corrected chi connectivity index (χ1v) is 14.2. The lowest BCUT2D eigenvalue weighted by Gasteiger charge is -2.47. The molecule has 1 amide bonds. The van der Waals surface area contributed by atoms with Crippen LogP contribution >= 0.6 is 11.3 Å². The molecule has 0 radical (unpaired) electrons. The fourth-order valence-corrected chi connectivity index (χ4v) is 6.60. The summed E-state index contributed by atoms with van der Waals surface area (Å²) in [6.45, 7) is 8.92. The second-order valence-electron chi connectivity index (χ2n) is 11.5. The number of nitrogens with zero attached hydrogens (tertiary/aromatic N) is 2. The molecule has 8 heteroatoms. The van der Waals surface area contributed by atoms with Gasteiger partial charge in [-0.25, -0.2) is 4.79 Å². The third-order valence-electron chi connectivity index (χ3n) is 7.49. The average Bonchev–Trinajstić information content (AvgIpc) is 3.49. The van der Waals surface area contributed by atoms with Gasteiger partial charge in [0.1, 0.15) is 12.2 Å². The zero-order valence-electron chi connectivity index (χ0n) is 22.6. The quantitative estimate of drug-likeness (QED) is 0.369. The maximum Gasteiger partial charge on any atom is 0.410 e. The number of hydrogen-bond donors (Lipinski definition) is 0. The summed E-state index contributed by atoms with van der Waals surface area (Å²) >= 11 is 1.56. The molecule has 0 N–H and O–H groups in total. The van der Waals surface area contributed by atoms with E-state index >= 15 is 0 Å². The van der Waals surface area contributed by atoms with Crippen molar-refractivity contribution in [1.29, 1.82) is 0 Å². The van der Waals surface area contributed by atoms with Crippen molar-refractivity contribution < 1.29 is 23.8 Å². The topological polar surface area (TPSA) is 78.0 Å². The summed E-state index contributed by atoms with van der Waals surface area (Å²) in [6, 6.07) is 8.09. The van der Waals surface area contributed by atoms with Crippen molar-refractivity contribution in [1.82, 2.24) is 9.88 Å². The summed E-state index contributed by atoms with van der Waals surface area (Å²) in [5.74, 6) is -0.321. The van der Waals surface area contributed by atoms with E-state index in [0.717, 1.165) is 48.2 Å². The third-order valence-corrected chi connectivity index (χ3v) is 8.44. The van der Waals surface area contributed by atoms with Crippen LogP contribution in [0.5, 0.6) is 0 Å². The molecule has 0 unspecified atom stereocenters. The van der Waals surface area contributed by atoms with Gasteiger partial charge in [0.25, 0.3) is 0 Å². The minimum atomic E-state index is -0.601. The fraction of sp³-hybridized carbons (Fsp3) is 0.621. The standard InChI is InChI=1S/C29H40N2O5S/c1-22(32)34-20-23-10-18-37-24(23)19-31(26(33)36-27(2,3)4)16-13-28(25-9-5-8-15-30-25)14-17-35-29(21-28)11-6-7-12-29/h5,8-10,15,18H,6-7,11-14,16-17,19-21H2,1-4H3/t28-/m1/s1. The van der Waals surface area contributed by atoms with Gasteiger partial charge >= 0.3 is 12.1 Å². The monoisotopic (exact) mass is 528 g/mol. The largest absolute Gasteiger partial charge is 0.461 e. The molecule has 2 aromatic heterocycles. The molecule has 0 aromatic carbocycles. The number of rotatable bonds is 8. The first-order valence-electron chi connectivity index (χ1n) is 13.3. The van der Waals surface area contributed by atoms with Crippen LogP contribution in [0.2, 0.25) is 0 Å². The number of ether oxygens (including phenoxy) is 3. The fourth-order valence-electron chi connectivity index (χ4n) is 5.69. The molecule has 2 fully saturated rings. The molecule has 3 heterocycles. The number of hydrogen-bond acceptors (Lipinski definition) is 7. The van der Waals surface area contributed by atoms with Crippen LogP contribution < -0.4 is 0 Å². The molecule has 7 nitrogen and oxygen atoms in total. The van der Waals surface area contributed by atoms with Gasteiger partial charge in [-0.15, -0.1) is 11.3 Å². The molecule has 1 aliphatic heterocycles. The lowest BCUT2D eigenvalue weighted by atomic mass is 9.68. The van der Waals surface area contributed by atoms with E-state index in [1.807, 2.05) is 44.5 Å². The highest BCUT2D eigenvalue weighted by atomic mass is 32.1. The molecule has 1 saturated heterocycles. The summed E-state index contributed by atoms with van der Waals surface area (Å²) in [5.41, 5.74) is 1.15. The number of esters is 1. The van der Waals surface area contributed by atoms with Crippen molar-refractivity contribution in [2.75, 3.05) is 13.2 Å². The van der Waals surface area contributed by atoms with Gasteiger partial charge in [0, 0.05) is 47.8 Å². The Morgan fingerprint density at radius 1 is 1.16 bits per heavy atom. The van der Waals surface area contributed by atoms with E-state index in [9.17, 15) is 9.59 Å². The van der Waals surface area contributed by atoms with Gasteiger partial charge in [-0.2, -0.15) is 0 Å². The maximum absolute atomic E-state index is 13.4. The second kappa shape index (κ2) is 11.5. The van der Waals surface area contributed by atoms with Crippen molar-refractivity contribution >= 4 is 23.4 Å². The minimum absolute atomic E-state index is 0.0858. The summed E-state index contributed by atoms with van der Waals surface area (Å²) in [7, 11) is 0. The third kappa shape index (κ3) is 7.11. The molecule has 1 aliphatic carbocycles. The van der Waals surface area contributed by atoms with Crippen molar-refractivity contribution in [3.8, 4) is 0 Å². The molecular weight excluding hydrogens is 488 g/mol. The highest BCUT2D eigenvalue weighted by Gasteiger charge is 2.48. The molecule has 2 aliphatic rings. The zero-order chi connectivity index (χ0) is 26.5. The van der Waals surface area contributed by atoms with Crippen molar-refractivity contribution in [3.05, 3.63) is 52.0 Å². The van der Waals surface area contributed by atoms with Gasteiger partial charge in [-0.1, -0.05) is 18.9 Å². The van der Waals surface area contributed by atoms with Gasteiger partial charge in [0.05, 0.1) is 12.1 Å². The lowest BCUT2D eigenvalue weighted by Crippen LogP contribution is -2.48. The van der Waals surface area contributed by atoms with Crippen LogP contribution in [0.3, 0.4) is 0 Å². The number of aromatic nitrogens is 1. The summed E-state index contributed by atoms with van der Waals surface area (Å²) in [4.78, 5) is 32.4. The SMILES string of the molecule is CC(=O)OCc1ccsc1CN(CC[C@@]1(c2ccccn2)CCOC2(CCCC2)C1)C(=O)OC(C)(C)C. The number of amides is 1. The van der Waals surface area contributed by atoms with Crippen LogP contribution in [-0.4, -0.2) is 46.3 Å². The molecule has 1 saturated carbocycles. The van der Waals surface area contributed by atoms with Crippen molar-refractivity contribution in [3.63, 3.8) is 0 Å². The molecule has 1 atom stereocenters. The van der Waals surface area contributed by atoms with Crippen molar-refractivity contribution in [2.45, 2.75) is 102 Å². The normalized spacial score (nSPS) is 21.1. The first kappa shape index (κ1) is 27.6. The second-order valence-corrected chi connectivity index (χ2v) is 12.5. The molecule has 1 spiro atoms. The Kier molecular flexibility index (Phi) is 8.59. The van der Waals surface area contributed by atoms with Crippen LogP contribution in [0.4, 0.5) is 4.79 Å².